The Kier molecular flexibility index (Phi) is 5.28. The highest BCUT2D eigenvalue weighted by molar-refractivity contribution is 9.10. The van der Waals surface area contributed by atoms with E-state index in [-0.39, 0.29) is 11.7 Å². The predicted molar refractivity (Wildman–Crippen MR) is 86.1 cm³/mol. The Balaban J connectivity index is 2.01. The first-order valence-electron chi connectivity index (χ1n) is 6.48. The summed E-state index contributed by atoms with van der Waals surface area (Å²) in [7, 11) is 1.69. The third-order valence-electron chi connectivity index (χ3n) is 3.00. The third-order valence-corrected chi connectivity index (χ3v) is 3.72. The summed E-state index contributed by atoms with van der Waals surface area (Å²) in [4.78, 5) is 13.6. The highest BCUT2D eigenvalue weighted by Gasteiger charge is 2.06. The van der Waals surface area contributed by atoms with Gasteiger partial charge in [-0.05, 0) is 35.4 Å². The first-order chi connectivity index (χ1) is 10.1. The average molecular weight is 348 g/mol. The van der Waals surface area contributed by atoms with Crippen LogP contribution in [0, 0.1) is 5.82 Å². The average Bonchev–Trinajstić information content (AvgIpc) is 2.46. The standard InChI is InChI=1S/C17H15BrFNO/c1-20(12-13-5-4-7-15(19)11-13)17(21)10-9-14-6-2-3-8-16(14)18/h2-11H,12H2,1H3/b10-9+. The molecule has 4 heteroatoms. The van der Waals surface area contributed by atoms with Gasteiger partial charge in [0.2, 0.25) is 5.91 Å². The molecule has 0 saturated carbocycles. The summed E-state index contributed by atoms with van der Waals surface area (Å²) in [6.45, 7) is 0.372. The van der Waals surface area contributed by atoms with Crippen molar-refractivity contribution in [3.8, 4) is 0 Å². The Morgan fingerprint density at radius 1 is 1.24 bits per heavy atom. The van der Waals surface area contributed by atoms with Crippen LogP contribution in [0.2, 0.25) is 0 Å². The number of hydrogen-bond donors (Lipinski definition) is 0. The summed E-state index contributed by atoms with van der Waals surface area (Å²) in [6, 6.07) is 13.9. The largest absolute Gasteiger partial charge is 0.338 e. The van der Waals surface area contributed by atoms with E-state index in [1.807, 2.05) is 24.3 Å². The minimum atomic E-state index is -0.294. The summed E-state index contributed by atoms with van der Waals surface area (Å²) in [5.74, 6) is -0.424. The molecule has 0 N–H and O–H groups in total. The number of amides is 1. The molecule has 2 aromatic rings. The van der Waals surface area contributed by atoms with Gasteiger partial charge >= 0.3 is 0 Å². The molecule has 108 valence electrons. The number of rotatable bonds is 4. The van der Waals surface area contributed by atoms with Crippen molar-refractivity contribution < 1.29 is 9.18 Å². The van der Waals surface area contributed by atoms with Gasteiger partial charge in [-0.2, -0.15) is 0 Å². The zero-order valence-corrected chi connectivity index (χ0v) is 13.2. The maximum absolute atomic E-state index is 13.1. The second-order valence-corrected chi connectivity index (χ2v) is 5.53. The summed E-state index contributed by atoms with van der Waals surface area (Å²) in [5.41, 5.74) is 1.70. The van der Waals surface area contributed by atoms with Crippen molar-refractivity contribution in [2.75, 3.05) is 7.05 Å². The Morgan fingerprint density at radius 2 is 2.00 bits per heavy atom. The molecule has 0 spiro atoms. The molecule has 1 amide bonds. The minimum absolute atomic E-state index is 0.130. The van der Waals surface area contributed by atoms with Crippen molar-refractivity contribution >= 4 is 27.9 Å². The zero-order valence-electron chi connectivity index (χ0n) is 11.6. The lowest BCUT2D eigenvalue weighted by molar-refractivity contribution is -0.125. The smallest absolute Gasteiger partial charge is 0.246 e. The van der Waals surface area contributed by atoms with Crippen LogP contribution in [-0.2, 0) is 11.3 Å². The van der Waals surface area contributed by atoms with Gasteiger partial charge in [0.15, 0.2) is 0 Å². The normalized spacial score (nSPS) is 10.8. The van der Waals surface area contributed by atoms with Crippen LogP contribution < -0.4 is 0 Å². The van der Waals surface area contributed by atoms with Crippen molar-refractivity contribution in [3.05, 3.63) is 76.0 Å². The first-order valence-corrected chi connectivity index (χ1v) is 7.28. The van der Waals surface area contributed by atoms with Crippen molar-refractivity contribution in [3.63, 3.8) is 0 Å². The van der Waals surface area contributed by atoms with Crippen LogP contribution in [0.25, 0.3) is 6.08 Å². The van der Waals surface area contributed by atoms with Crippen LogP contribution in [0.3, 0.4) is 0 Å². The molecule has 0 bridgehead atoms. The van der Waals surface area contributed by atoms with E-state index in [4.69, 9.17) is 0 Å². The lowest BCUT2D eigenvalue weighted by Crippen LogP contribution is -2.24. The highest BCUT2D eigenvalue weighted by atomic mass is 79.9. The maximum atomic E-state index is 13.1. The van der Waals surface area contributed by atoms with E-state index in [0.29, 0.717) is 6.54 Å². The molecule has 21 heavy (non-hydrogen) atoms. The fraction of sp³-hybridized carbons (Fsp3) is 0.118. The molecular formula is C17H15BrFNO. The number of hydrogen-bond acceptors (Lipinski definition) is 1. The van der Waals surface area contributed by atoms with Gasteiger partial charge < -0.3 is 4.90 Å². The number of benzene rings is 2. The molecule has 2 rings (SSSR count). The monoisotopic (exact) mass is 347 g/mol. The van der Waals surface area contributed by atoms with Crippen molar-refractivity contribution in [1.82, 2.24) is 4.90 Å². The molecule has 2 aromatic carbocycles. The van der Waals surface area contributed by atoms with Gasteiger partial charge in [-0.3, -0.25) is 4.79 Å². The van der Waals surface area contributed by atoms with E-state index in [1.54, 1.807) is 30.2 Å². The van der Waals surface area contributed by atoms with Gasteiger partial charge in [0.1, 0.15) is 5.82 Å². The van der Waals surface area contributed by atoms with Crippen LogP contribution >= 0.6 is 15.9 Å². The molecule has 0 saturated heterocycles. The summed E-state index contributed by atoms with van der Waals surface area (Å²) < 4.78 is 14.0. The summed E-state index contributed by atoms with van der Waals surface area (Å²) in [5, 5.41) is 0. The van der Waals surface area contributed by atoms with E-state index in [0.717, 1.165) is 15.6 Å². The molecular weight excluding hydrogens is 333 g/mol. The van der Waals surface area contributed by atoms with E-state index in [9.17, 15) is 9.18 Å². The van der Waals surface area contributed by atoms with Crippen molar-refractivity contribution in [2.45, 2.75) is 6.54 Å². The van der Waals surface area contributed by atoms with E-state index >= 15 is 0 Å². The third kappa shape index (κ3) is 4.53. The van der Waals surface area contributed by atoms with Gasteiger partial charge in [-0.25, -0.2) is 4.39 Å². The van der Waals surface area contributed by atoms with Gasteiger partial charge in [0.05, 0.1) is 0 Å². The Labute approximate surface area is 132 Å². The van der Waals surface area contributed by atoms with Crippen LogP contribution in [-0.4, -0.2) is 17.9 Å². The second kappa shape index (κ2) is 7.18. The molecule has 0 aliphatic carbocycles. The predicted octanol–water partition coefficient (Wildman–Crippen LogP) is 4.26. The van der Waals surface area contributed by atoms with Crippen LogP contribution in [0.15, 0.2) is 59.1 Å². The highest BCUT2D eigenvalue weighted by Crippen LogP contribution is 2.17. The SMILES string of the molecule is CN(Cc1cccc(F)c1)C(=O)/C=C/c1ccccc1Br. The van der Waals surface area contributed by atoms with E-state index in [2.05, 4.69) is 15.9 Å². The van der Waals surface area contributed by atoms with Gasteiger partial charge in [0.25, 0.3) is 0 Å². The molecule has 0 aliphatic heterocycles. The molecule has 0 unspecified atom stereocenters. The summed E-state index contributed by atoms with van der Waals surface area (Å²) in [6.07, 6.45) is 3.27. The maximum Gasteiger partial charge on any atom is 0.246 e. The van der Waals surface area contributed by atoms with Gasteiger partial charge in [0, 0.05) is 24.1 Å². The van der Waals surface area contributed by atoms with Crippen LogP contribution in [0.5, 0.6) is 0 Å². The van der Waals surface area contributed by atoms with Gasteiger partial charge in [-0.15, -0.1) is 0 Å². The Bertz CT molecular complexity index is 669. The molecule has 2 nitrogen and oxygen atoms in total. The Hall–Kier alpha value is -1.94. The molecule has 0 radical (unpaired) electrons. The minimum Gasteiger partial charge on any atom is -0.338 e. The van der Waals surface area contributed by atoms with Crippen molar-refractivity contribution in [2.24, 2.45) is 0 Å². The number of carbonyl (C=O) groups excluding carboxylic acids is 1. The lowest BCUT2D eigenvalue weighted by atomic mass is 10.2. The molecule has 0 aromatic heterocycles. The quantitative estimate of drug-likeness (QED) is 0.756. The zero-order chi connectivity index (χ0) is 15.2. The second-order valence-electron chi connectivity index (χ2n) is 4.68. The topological polar surface area (TPSA) is 20.3 Å². The number of likely N-dealkylation sites (N-methyl/N-ethyl adjacent to an activating group) is 1. The molecule has 0 fully saturated rings. The fourth-order valence-electron chi connectivity index (χ4n) is 1.89. The summed E-state index contributed by atoms with van der Waals surface area (Å²) >= 11 is 3.43. The number of halogens is 2. The number of nitrogens with zero attached hydrogens (tertiary/aromatic N) is 1. The molecule has 0 atom stereocenters. The fourth-order valence-corrected chi connectivity index (χ4v) is 2.30. The lowest BCUT2D eigenvalue weighted by Gasteiger charge is -2.15. The Morgan fingerprint density at radius 3 is 2.71 bits per heavy atom. The van der Waals surface area contributed by atoms with E-state index < -0.39 is 0 Å². The van der Waals surface area contributed by atoms with E-state index in [1.165, 1.54) is 18.2 Å². The van der Waals surface area contributed by atoms with Crippen LogP contribution in [0.1, 0.15) is 11.1 Å². The van der Waals surface area contributed by atoms with Crippen LogP contribution in [0.4, 0.5) is 4.39 Å². The first kappa shape index (κ1) is 15.4. The van der Waals surface area contributed by atoms with Gasteiger partial charge in [-0.1, -0.05) is 46.3 Å². The molecule has 0 aliphatic rings. The molecule has 0 heterocycles. The van der Waals surface area contributed by atoms with Crippen molar-refractivity contribution in [1.29, 1.82) is 0 Å². The number of carbonyl (C=O) groups is 1.